The van der Waals surface area contributed by atoms with E-state index < -0.39 is 23.3 Å². The zero-order valence-corrected chi connectivity index (χ0v) is 10.3. The number of aromatic amines is 1. The van der Waals surface area contributed by atoms with Crippen LogP contribution in [0.15, 0.2) is 23.3 Å². The third-order valence-electron chi connectivity index (χ3n) is 3.02. The monoisotopic (exact) mass is 263 g/mol. The Morgan fingerprint density at radius 2 is 2.16 bits per heavy atom. The maximum atomic E-state index is 11.9. The maximum Gasteiger partial charge on any atom is 0.257 e. The van der Waals surface area contributed by atoms with Gasteiger partial charge in [0.15, 0.2) is 5.43 Å². The first-order valence-corrected chi connectivity index (χ1v) is 5.79. The van der Waals surface area contributed by atoms with Crippen LogP contribution in [-0.2, 0) is 9.59 Å². The molecule has 0 bridgehead atoms. The summed E-state index contributed by atoms with van der Waals surface area (Å²) in [5.41, 5.74) is -0.487. The highest BCUT2D eigenvalue weighted by Crippen LogP contribution is 2.11. The fourth-order valence-electron chi connectivity index (χ4n) is 1.88. The molecule has 0 spiro atoms. The number of nitrogens with one attached hydrogen (secondary N) is 2. The highest BCUT2D eigenvalue weighted by molar-refractivity contribution is 6.03. The Morgan fingerprint density at radius 3 is 2.84 bits per heavy atom. The van der Waals surface area contributed by atoms with Gasteiger partial charge in [0.05, 0.1) is 0 Å². The zero-order chi connectivity index (χ0) is 14.0. The lowest BCUT2D eigenvalue weighted by Gasteiger charge is -2.28. The van der Waals surface area contributed by atoms with Crippen molar-refractivity contribution in [3.8, 4) is 0 Å². The van der Waals surface area contributed by atoms with Gasteiger partial charge in [-0.2, -0.15) is 0 Å². The molecule has 1 saturated heterocycles. The van der Waals surface area contributed by atoms with Crippen LogP contribution < -0.4 is 10.7 Å². The smallest absolute Gasteiger partial charge is 0.257 e. The molecule has 0 radical (unpaired) electrons. The van der Waals surface area contributed by atoms with Crippen LogP contribution in [-0.4, -0.2) is 40.7 Å². The fraction of sp³-hybridized carbons (Fsp3) is 0.333. The van der Waals surface area contributed by atoms with Crippen molar-refractivity contribution in [1.29, 1.82) is 0 Å². The molecule has 0 aliphatic carbocycles. The van der Waals surface area contributed by atoms with E-state index >= 15 is 0 Å². The molecule has 2 N–H and O–H groups in total. The molecule has 1 fully saturated rings. The number of likely N-dealkylation sites (tertiary alicyclic amines) is 1. The number of aromatic nitrogens is 1. The summed E-state index contributed by atoms with van der Waals surface area (Å²) in [4.78, 5) is 50.1. The predicted octanol–water partition coefficient (Wildman–Crippen LogP) is -0.748. The second kappa shape index (κ2) is 5.05. The van der Waals surface area contributed by atoms with Crippen LogP contribution >= 0.6 is 0 Å². The summed E-state index contributed by atoms with van der Waals surface area (Å²) in [7, 11) is 1.37. The molecule has 2 heterocycles. The van der Waals surface area contributed by atoms with Gasteiger partial charge >= 0.3 is 0 Å². The summed E-state index contributed by atoms with van der Waals surface area (Å²) in [6.45, 7) is 0. The Hall–Kier alpha value is -2.44. The molecular weight excluding hydrogens is 250 g/mol. The minimum atomic E-state index is -0.769. The standard InChI is InChI=1S/C12H13N3O4/c1-15-10(17)3-2-8(12(15)19)14-11(18)7-6-13-5-4-9(7)16/h4-6,8H,2-3H2,1H3,(H,13,16)(H,14,18). The third kappa shape index (κ3) is 2.54. The van der Waals surface area contributed by atoms with E-state index in [-0.39, 0.29) is 24.3 Å². The van der Waals surface area contributed by atoms with E-state index in [1.165, 1.54) is 25.5 Å². The van der Waals surface area contributed by atoms with Crippen molar-refractivity contribution in [2.45, 2.75) is 18.9 Å². The fourth-order valence-corrected chi connectivity index (χ4v) is 1.88. The molecule has 2 rings (SSSR count). The number of carbonyl (C=O) groups excluding carboxylic acids is 3. The molecule has 0 aromatic carbocycles. The van der Waals surface area contributed by atoms with Crippen molar-refractivity contribution in [1.82, 2.24) is 15.2 Å². The largest absolute Gasteiger partial charge is 0.367 e. The summed E-state index contributed by atoms with van der Waals surface area (Å²) >= 11 is 0. The molecule has 1 aliphatic heterocycles. The number of rotatable bonds is 2. The number of nitrogens with zero attached hydrogens (tertiary/aromatic N) is 1. The summed E-state index contributed by atoms with van der Waals surface area (Å²) in [6, 6.07) is 0.461. The predicted molar refractivity (Wildman–Crippen MR) is 65.3 cm³/mol. The maximum absolute atomic E-state index is 11.9. The van der Waals surface area contributed by atoms with Gasteiger partial charge in [-0.25, -0.2) is 0 Å². The zero-order valence-electron chi connectivity index (χ0n) is 10.3. The number of H-pyrrole nitrogens is 1. The molecule has 1 aromatic heterocycles. The van der Waals surface area contributed by atoms with Gasteiger partial charge < -0.3 is 10.3 Å². The van der Waals surface area contributed by atoms with E-state index in [0.717, 1.165) is 4.90 Å². The normalized spacial score (nSPS) is 19.4. The van der Waals surface area contributed by atoms with Crippen LogP contribution in [0.4, 0.5) is 0 Å². The molecule has 7 heteroatoms. The van der Waals surface area contributed by atoms with Crippen LogP contribution in [0.25, 0.3) is 0 Å². The van der Waals surface area contributed by atoms with Crippen molar-refractivity contribution in [2.75, 3.05) is 7.05 Å². The Bertz CT molecular complexity index is 593. The lowest BCUT2D eigenvalue weighted by atomic mass is 10.0. The highest BCUT2D eigenvalue weighted by Gasteiger charge is 2.33. The minimum Gasteiger partial charge on any atom is -0.367 e. The molecule has 1 atom stereocenters. The number of hydrogen-bond donors (Lipinski definition) is 2. The lowest BCUT2D eigenvalue weighted by Crippen LogP contribution is -2.53. The summed E-state index contributed by atoms with van der Waals surface area (Å²) in [6.07, 6.45) is 3.13. The molecule has 100 valence electrons. The highest BCUT2D eigenvalue weighted by atomic mass is 16.2. The average molecular weight is 263 g/mol. The third-order valence-corrected chi connectivity index (χ3v) is 3.02. The van der Waals surface area contributed by atoms with Gasteiger partial charge in [-0.1, -0.05) is 0 Å². The van der Waals surface area contributed by atoms with Gasteiger partial charge in [0, 0.05) is 31.9 Å². The van der Waals surface area contributed by atoms with Gasteiger partial charge in [0.25, 0.3) is 11.8 Å². The first-order chi connectivity index (χ1) is 9.00. The number of amides is 3. The summed E-state index contributed by atoms with van der Waals surface area (Å²) in [5, 5.41) is 2.47. The van der Waals surface area contributed by atoms with Crippen LogP contribution in [0, 0.1) is 0 Å². The van der Waals surface area contributed by atoms with Gasteiger partial charge in [0.1, 0.15) is 11.6 Å². The van der Waals surface area contributed by atoms with E-state index in [1.807, 2.05) is 0 Å². The number of hydrogen-bond acceptors (Lipinski definition) is 4. The Morgan fingerprint density at radius 1 is 1.42 bits per heavy atom. The van der Waals surface area contributed by atoms with Gasteiger partial charge in [-0.3, -0.25) is 24.1 Å². The van der Waals surface area contributed by atoms with Gasteiger partial charge in [-0.15, -0.1) is 0 Å². The second-order valence-corrected chi connectivity index (χ2v) is 4.28. The number of pyridine rings is 1. The van der Waals surface area contributed by atoms with Crippen LogP contribution in [0.2, 0.25) is 0 Å². The number of piperidine rings is 1. The Balaban J connectivity index is 2.12. The number of carbonyl (C=O) groups is 3. The van der Waals surface area contributed by atoms with E-state index in [9.17, 15) is 19.2 Å². The lowest BCUT2D eigenvalue weighted by molar-refractivity contribution is -0.147. The van der Waals surface area contributed by atoms with Crippen molar-refractivity contribution in [2.24, 2.45) is 0 Å². The molecule has 19 heavy (non-hydrogen) atoms. The van der Waals surface area contributed by atoms with Crippen molar-refractivity contribution >= 4 is 17.7 Å². The Labute approximate surface area is 108 Å². The van der Waals surface area contributed by atoms with Gasteiger partial charge in [-0.05, 0) is 6.42 Å². The van der Waals surface area contributed by atoms with Crippen molar-refractivity contribution in [3.63, 3.8) is 0 Å². The quantitative estimate of drug-likeness (QED) is 0.686. The molecule has 1 unspecified atom stereocenters. The first kappa shape index (κ1) is 13.0. The van der Waals surface area contributed by atoms with Crippen LogP contribution in [0.5, 0.6) is 0 Å². The SMILES string of the molecule is CN1C(=O)CCC(NC(=O)c2c[nH]ccc2=O)C1=O. The van der Waals surface area contributed by atoms with Crippen LogP contribution in [0.1, 0.15) is 23.2 Å². The number of likely N-dealkylation sites (N-methyl/N-ethyl adjacent to an activating group) is 1. The van der Waals surface area contributed by atoms with Crippen LogP contribution in [0.3, 0.4) is 0 Å². The number of imide groups is 1. The topological polar surface area (TPSA) is 99.3 Å². The van der Waals surface area contributed by atoms with Crippen molar-refractivity contribution < 1.29 is 14.4 Å². The first-order valence-electron chi connectivity index (χ1n) is 5.79. The minimum absolute atomic E-state index is 0.0603. The van der Waals surface area contributed by atoms with Crippen molar-refractivity contribution in [3.05, 3.63) is 34.2 Å². The van der Waals surface area contributed by atoms with E-state index in [4.69, 9.17) is 0 Å². The summed E-state index contributed by atoms with van der Waals surface area (Å²) < 4.78 is 0. The average Bonchev–Trinajstić information content (AvgIpc) is 2.40. The Kier molecular flexibility index (Phi) is 3.46. The molecule has 1 aromatic rings. The summed E-state index contributed by atoms with van der Waals surface area (Å²) in [5.74, 6) is -1.35. The molecule has 3 amide bonds. The second-order valence-electron chi connectivity index (χ2n) is 4.28. The van der Waals surface area contributed by atoms with E-state index in [2.05, 4.69) is 10.3 Å². The molecule has 0 saturated carbocycles. The molecular formula is C12H13N3O4. The van der Waals surface area contributed by atoms with Gasteiger partial charge in [0.2, 0.25) is 5.91 Å². The van der Waals surface area contributed by atoms with E-state index in [1.54, 1.807) is 0 Å². The van der Waals surface area contributed by atoms with E-state index in [0.29, 0.717) is 0 Å². The molecule has 1 aliphatic rings. The molecule has 7 nitrogen and oxygen atoms in total.